The normalized spacial score (nSPS) is 22.8. The van der Waals surface area contributed by atoms with Crippen molar-refractivity contribution >= 4 is 53.5 Å². The Bertz CT molecular complexity index is 1280. The smallest absolute Gasteiger partial charge is 0.390 e. The molecule has 0 spiro atoms. The number of aliphatic imine (C=N–C) groups is 1. The summed E-state index contributed by atoms with van der Waals surface area (Å²) in [5.41, 5.74) is 7.02. The number of nitrogens with one attached hydrogen (secondary N) is 2. The highest BCUT2D eigenvalue weighted by atomic mass is 31.3. The summed E-state index contributed by atoms with van der Waals surface area (Å²) in [6.45, 7) is 2.99. The fourth-order valence-electron chi connectivity index (χ4n) is 3.18. The second-order valence-electron chi connectivity index (χ2n) is 7.62. The number of aliphatic hydroxyl groups is 1. The molecule has 0 aliphatic carbocycles. The third-order valence-electron chi connectivity index (χ3n) is 4.70. The molecule has 0 amide bonds. The van der Waals surface area contributed by atoms with Crippen LogP contribution in [0, 0.1) is 0 Å². The van der Waals surface area contributed by atoms with Crippen LogP contribution < -0.4 is 16.4 Å². The molecule has 38 heavy (non-hydrogen) atoms. The van der Waals surface area contributed by atoms with Gasteiger partial charge in [0.15, 0.2) is 11.6 Å². The number of benzene rings is 1. The second kappa shape index (κ2) is 12.3. The fourth-order valence-corrected chi connectivity index (χ4v) is 6.21. The highest BCUT2D eigenvalue weighted by molar-refractivity contribution is 7.66. The highest BCUT2D eigenvalue weighted by Crippen LogP contribution is 2.66. The molecule has 21 heteroatoms. The number of nitrogens with zero attached hydrogens (tertiary/aromatic N) is 3. The van der Waals surface area contributed by atoms with E-state index in [4.69, 9.17) is 20.3 Å². The zero-order valence-corrected chi connectivity index (χ0v) is 22.0. The largest absolute Gasteiger partial charge is 0.490 e. The van der Waals surface area contributed by atoms with Crippen LogP contribution in [-0.4, -0.2) is 66.4 Å². The second-order valence-corrected chi connectivity index (χ2v) is 12.0. The number of aliphatic hydroxyl groups excluding tert-OH is 1. The van der Waals surface area contributed by atoms with Crippen molar-refractivity contribution in [3.05, 3.63) is 35.9 Å². The molecule has 0 saturated carbocycles. The number of nitrogen functional groups attached to an aromatic ring is 1. The van der Waals surface area contributed by atoms with E-state index >= 15 is 0 Å². The van der Waals surface area contributed by atoms with Gasteiger partial charge >= 0.3 is 23.5 Å². The van der Waals surface area contributed by atoms with Crippen LogP contribution in [0.1, 0.15) is 12.0 Å². The molecule has 1 aliphatic heterocycles. The number of aromatic nitrogens is 2. The number of nitrogens with two attached hydrogens (primary N) is 1. The SMILES string of the molecule is C=Nc1c(N)nc(NCc2ccccc2)nc1NC1CC(O)C(COP(=O)(O)OP(=O)(O)OP(=O)(O)O)O1. The summed E-state index contributed by atoms with van der Waals surface area (Å²) in [6, 6.07) is 9.40. The standard InChI is InChI=1S/C17H25N6O12P3/c1-19-14-15(18)22-17(20-8-10-5-3-2-4-6-10)23-16(14)21-13-7-11(24)12(33-13)9-32-37(28,29)35-38(30,31)34-36(25,26)27/h2-6,11-13,24H,1,7-9H2,(H,28,29)(H,30,31)(H2,25,26,27)(H4,18,20,21,22,23). The average molecular weight is 598 g/mol. The predicted octanol–water partition coefficient (Wildman–Crippen LogP) is 1.23. The lowest BCUT2D eigenvalue weighted by atomic mass is 10.2. The van der Waals surface area contributed by atoms with Gasteiger partial charge in [-0.3, -0.25) is 9.52 Å². The van der Waals surface area contributed by atoms with E-state index in [1.807, 2.05) is 30.3 Å². The lowest BCUT2D eigenvalue weighted by molar-refractivity contribution is -0.0147. The van der Waals surface area contributed by atoms with E-state index < -0.39 is 48.5 Å². The molecule has 5 atom stereocenters. The molecule has 0 radical (unpaired) electrons. The molecule has 1 fully saturated rings. The van der Waals surface area contributed by atoms with Crippen LogP contribution in [0.5, 0.6) is 0 Å². The van der Waals surface area contributed by atoms with Crippen LogP contribution >= 0.6 is 23.5 Å². The van der Waals surface area contributed by atoms with Crippen LogP contribution in [0.3, 0.4) is 0 Å². The Morgan fingerprint density at radius 1 is 1.11 bits per heavy atom. The summed E-state index contributed by atoms with van der Waals surface area (Å²) in [5.74, 6) is 0.258. The Balaban J connectivity index is 1.62. The quantitative estimate of drug-likeness (QED) is 0.119. The van der Waals surface area contributed by atoms with Crippen molar-refractivity contribution in [2.75, 3.05) is 23.0 Å². The third kappa shape index (κ3) is 9.17. The van der Waals surface area contributed by atoms with Gasteiger partial charge in [0.25, 0.3) is 0 Å². The minimum Gasteiger partial charge on any atom is -0.390 e. The van der Waals surface area contributed by atoms with Gasteiger partial charge in [-0.05, 0) is 12.3 Å². The fraction of sp³-hybridized carbons (Fsp3) is 0.353. The molecule has 210 valence electrons. The first kappa shape index (κ1) is 30.2. The zero-order chi connectivity index (χ0) is 28.1. The van der Waals surface area contributed by atoms with Crippen molar-refractivity contribution in [3.63, 3.8) is 0 Å². The minimum absolute atomic E-state index is 0.00387. The number of ether oxygens (including phenoxy) is 1. The number of phosphoric acid groups is 3. The number of hydrogen-bond acceptors (Lipinski definition) is 14. The molecule has 1 aromatic carbocycles. The predicted molar refractivity (Wildman–Crippen MR) is 132 cm³/mol. The summed E-state index contributed by atoms with van der Waals surface area (Å²) in [5, 5.41) is 16.2. The lowest BCUT2D eigenvalue weighted by Gasteiger charge is -2.20. The lowest BCUT2D eigenvalue weighted by Crippen LogP contribution is -2.26. The molecule has 9 N–H and O–H groups in total. The molecular weight excluding hydrogens is 573 g/mol. The van der Waals surface area contributed by atoms with Gasteiger partial charge in [0.05, 0.1) is 12.7 Å². The molecule has 1 saturated heterocycles. The molecule has 0 bridgehead atoms. The van der Waals surface area contributed by atoms with Gasteiger partial charge in [-0.1, -0.05) is 30.3 Å². The van der Waals surface area contributed by atoms with E-state index in [9.17, 15) is 28.6 Å². The summed E-state index contributed by atoms with van der Waals surface area (Å²) in [7, 11) is -16.6. The van der Waals surface area contributed by atoms with Gasteiger partial charge in [-0.15, -0.1) is 0 Å². The Morgan fingerprint density at radius 3 is 2.42 bits per heavy atom. The van der Waals surface area contributed by atoms with Crippen molar-refractivity contribution < 1.29 is 56.3 Å². The van der Waals surface area contributed by atoms with Gasteiger partial charge in [0.2, 0.25) is 5.95 Å². The van der Waals surface area contributed by atoms with E-state index in [0.717, 1.165) is 5.56 Å². The van der Waals surface area contributed by atoms with Crippen LogP contribution in [0.4, 0.5) is 23.3 Å². The van der Waals surface area contributed by atoms with Gasteiger partial charge < -0.3 is 45.8 Å². The molecule has 1 aliphatic rings. The van der Waals surface area contributed by atoms with E-state index in [2.05, 4.69) is 45.5 Å². The number of anilines is 3. The van der Waals surface area contributed by atoms with Crippen LogP contribution in [0.2, 0.25) is 0 Å². The monoisotopic (exact) mass is 598 g/mol. The van der Waals surface area contributed by atoms with E-state index in [-0.39, 0.29) is 29.7 Å². The molecule has 3 rings (SSSR count). The van der Waals surface area contributed by atoms with Crippen LogP contribution in [-0.2, 0) is 38.1 Å². The van der Waals surface area contributed by atoms with E-state index in [1.54, 1.807) is 0 Å². The van der Waals surface area contributed by atoms with E-state index in [0.29, 0.717) is 6.54 Å². The highest BCUT2D eigenvalue weighted by Gasteiger charge is 2.42. The Morgan fingerprint density at radius 2 is 1.79 bits per heavy atom. The Hall–Kier alpha value is -2.30. The van der Waals surface area contributed by atoms with Gasteiger partial charge in [-0.25, -0.2) is 13.7 Å². The summed E-state index contributed by atoms with van der Waals surface area (Å²) >= 11 is 0. The maximum absolute atomic E-state index is 11.9. The number of rotatable bonds is 13. The zero-order valence-electron chi connectivity index (χ0n) is 19.3. The van der Waals surface area contributed by atoms with Gasteiger partial charge in [0, 0.05) is 13.0 Å². The molecule has 2 heterocycles. The molecule has 5 unspecified atom stereocenters. The van der Waals surface area contributed by atoms with Crippen molar-refractivity contribution in [2.45, 2.75) is 31.4 Å². The van der Waals surface area contributed by atoms with Gasteiger partial charge in [-0.2, -0.15) is 18.6 Å². The van der Waals surface area contributed by atoms with Crippen LogP contribution in [0.15, 0.2) is 35.3 Å². The van der Waals surface area contributed by atoms with E-state index in [1.165, 1.54) is 0 Å². The van der Waals surface area contributed by atoms with Crippen LogP contribution in [0.25, 0.3) is 0 Å². The first-order valence-electron chi connectivity index (χ1n) is 10.5. The van der Waals surface area contributed by atoms with Crippen molar-refractivity contribution in [1.29, 1.82) is 0 Å². The number of phosphoric ester groups is 1. The topological polar surface area (TPSA) is 277 Å². The van der Waals surface area contributed by atoms with Crippen molar-refractivity contribution in [3.8, 4) is 0 Å². The molecule has 1 aromatic heterocycles. The molecule has 18 nitrogen and oxygen atoms in total. The summed E-state index contributed by atoms with van der Waals surface area (Å²) in [4.78, 5) is 48.2. The first-order valence-corrected chi connectivity index (χ1v) is 15.0. The first-order chi connectivity index (χ1) is 17.7. The van der Waals surface area contributed by atoms with Crippen molar-refractivity contribution in [2.24, 2.45) is 4.99 Å². The number of hydrogen-bond donors (Lipinski definition) is 8. The average Bonchev–Trinajstić information content (AvgIpc) is 3.13. The Labute approximate surface area is 215 Å². The summed E-state index contributed by atoms with van der Waals surface area (Å²) in [6.07, 6.45) is -3.50. The maximum atomic E-state index is 11.9. The maximum Gasteiger partial charge on any atom is 0.490 e. The third-order valence-corrected chi connectivity index (χ3v) is 8.50. The minimum atomic E-state index is -5.68. The summed E-state index contributed by atoms with van der Waals surface area (Å²) < 4.78 is 51.4. The van der Waals surface area contributed by atoms with Crippen molar-refractivity contribution in [1.82, 2.24) is 9.97 Å². The van der Waals surface area contributed by atoms with Gasteiger partial charge in [0.1, 0.15) is 18.0 Å². The Kier molecular flexibility index (Phi) is 9.76. The molecule has 2 aromatic rings. The molecular formula is C17H25N6O12P3.